The van der Waals surface area contributed by atoms with Crippen molar-refractivity contribution in [3.63, 3.8) is 0 Å². The second-order valence-electron chi connectivity index (χ2n) is 3.17. The van der Waals surface area contributed by atoms with Crippen LogP contribution in [-0.4, -0.2) is 47.0 Å². The molecular weight excluding hydrogens is 174 g/mol. The van der Waals surface area contributed by atoms with Crippen LogP contribution in [0.4, 0.5) is 0 Å². The molecule has 1 unspecified atom stereocenters. The Labute approximate surface area is 77.5 Å². The lowest BCUT2D eigenvalue weighted by atomic mass is 10.3. The van der Waals surface area contributed by atoms with E-state index >= 15 is 0 Å². The summed E-state index contributed by atoms with van der Waals surface area (Å²) < 4.78 is 0. The second kappa shape index (κ2) is 5.80. The highest BCUT2D eigenvalue weighted by molar-refractivity contribution is 7.99. The molecule has 72 valence electrons. The number of hydrogen-bond acceptors (Lipinski definition) is 4. The Morgan fingerprint density at radius 2 is 2.42 bits per heavy atom. The van der Waals surface area contributed by atoms with E-state index in [9.17, 15) is 0 Å². The van der Waals surface area contributed by atoms with Gasteiger partial charge in [0, 0.05) is 17.5 Å². The second-order valence-corrected chi connectivity index (χ2v) is 4.24. The van der Waals surface area contributed by atoms with E-state index in [0.29, 0.717) is 11.8 Å². The number of hydrogen-bond donors (Lipinski definition) is 3. The Morgan fingerprint density at radius 1 is 1.58 bits per heavy atom. The molecule has 1 saturated heterocycles. The van der Waals surface area contributed by atoms with E-state index in [1.807, 2.05) is 0 Å². The first-order valence-corrected chi connectivity index (χ1v) is 5.58. The molecule has 0 saturated carbocycles. The van der Waals surface area contributed by atoms with Crippen molar-refractivity contribution in [2.24, 2.45) is 0 Å². The number of nitrogens with one attached hydrogen (secondary N) is 1. The van der Waals surface area contributed by atoms with Crippen LogP contribution in [-0.2, 0) is 0 Å². The number of aliphatic hydroxyl groups excluding tert-OH is 2. The molecule has 0 aromatic rings. The van der Waals surface area contributed by atoms with E-state index in [4.69, 9.17) is 10.2 Å². The molecular formula is C8H17NO2S. The summed E-state index contributed by atoms with van der Waals surface area (Å²) in [5.74, 6) is 1.70. The largest absolute Gasteiger partial charge is 0.394 e. The Hall–Kier alpha value is 0.230. The molecule has 1 rings (SSSR count). The van der Waals surface area contributed by atoms with Crippen molar-refractivity contribution < 1.29 is 10.2 Å². The molecule has 0 amide bonds. The van der Waals surface area contributed by atoms with Gasteiger partial charge < -0.3 is 15.5 Å². The van der Waals surface area contributed by atoms with Crippen LogP contribution in [0.25, 0.3) is 0 Å². The zero-order valence-corrected chi connectivity index (χ0v) is 8.02. The van der Waals surface area contributed by atoms with Crippen LogP contribution < -0.4 is 5.32 Å². The lowest BCUT2D eigenvalue weighted by molar-refractivity contribution is 0.113. The van der Waals surface area contributed by atoms with Gasteiger partial charge >= 0.3 is 0 Å². The van der Waals surface area contributed by atoms with Crippen molar-refractivity contribution in [2.75, 3.05) is 24.7 Å². The zero-order valence-electron chi connectivity index (χ0n) is 7.20. The third-order valence-corrected chi connectivity index (χ3v) is 3.26. The molecule has 0 spiro atoms. The minimum absolute atomic E-state index is 0.120. The average molecular weight is 191 g/mol. The molecule has 3 N–H and O–H groups in total. The Kier molecular flexibility index (Phi) is 4.99. The SMILES string of the molecule is OCC(O)CSC[C@@H]1CCCN1. The summed E-state index contributed by atoms with van der Waals surface area (Å²) in [6.45, 7) is 1.01. The first-order valence-electron chi connectivity index (χ1n) is 4.43. The fraction of sp³-hybridized carbons (Fsp3) is 1.00. The molecule has 1 aliphatic heterocycles. The van der Waals surface area contributed by atoms with E-state index in [2.05, 4.69) is 5.32 Å². The highest BCUT2D eigenvalue weighted by Gasteiger charge is 2.13. The molecule has 0 aromatic carbocycles. The van der Waals surface area contributed by atoms with E-state index < -0.39 is 6.10 Å². The van der Waals surface area contributed by atoms with Crippen molar-refractivity contribution in [3.05, 3.63) is 0 Å². The lowest BCUT2D eigenvalue weighted by Gasteiger charge is -2.10. The molecule has 1 aliphatic rings. The number of rotatable bonds is 5. The van der Waals surface area contributed by atoms with E-state index in [1.165, 1.54) is 12.8 Å². The van der Waals surface area contributed by atoms with Gasteiger partial charge in [0.15, 0.2) is 0 Å². The van der Waals surface area contributed by atoms with Crippen molar-refractivity contribution in [2.45, 2.75) is 25.0 Å². The van der Waals surface area contributed by atoms with Crippen LogP contribution in [0.2, 0.25) is 0 Å². The first kappa shape index (κ1) is 10.3. The van der Waals surface area contributed by atoms with Crippen molar-refractivity contribution in [1.82, 2.24) is 5.32 Å². The van der Waals surface area contributed by atoms with Gasteiger partial charge in [-0.15, -0.1) is 0 Å². The van der Waals surface area contributed by atoms with Gasteiger partial charge in [0.2, 0.25) is 0 Å². The van der Waals surface area contributed by atoms with Gasteiger partial charge in [-0.05, 0) is 19.4 Å². The van der Waals surface area contributed by atoms with Crippen LogP contribution in [0.15, 0.2) is 0 Å². The molecule has 0 aromatic heterocycles. The fourth-order valence-corrected chi connectivity index (χ4v) is 2.38. The van der Waals surface area contributed by atoms with Gasteiger partial charge in [-0.25, -0.2) is 0 Å². The van der Waals surface area contributed by atoms with Gasteiger partial charge in [-0.2, -0.15) is 11.8 Å². The Morgan fingerprint density at radius 3 is 3.00 bits per heavy atom. The maximum Gasteiger partial charge on any atom is 0.0861 e. The predicted molar refractivity (Wildman–Crippen MR) is 51.4 cm³/mol. The summed E-state index contributed by atoms with van der Waals surface area (Å²) >= 11 is 1.71. The summed E-state index contributed by atoms with van der Waals surface area (Å²) in [5.41, 5.74) is 0. The van der Waals surface area contributed by atoms with Crippen LogP contribution in [0.1, 0.15) is 12.8 Å². The van der Waals surface area contributed by atoms with Gasteiger partial charge in [0.1, 0.15) is 0 Å². The molecule has 4 heteroatoms. The topological polar surface area (TPSA) is 52.5 Å². The van der Waals surface area contributed by atoms with E-state index in [0.717, 1.165) is 12.3 Å². The Bertz CT molecular complexity index is 118. The molecule has 0 aliphatic carbocycles. The summed E-state index contributed by atoms with van der Waals surface area (Å²) in [6.07, 6.45) is 1.98. The van der Waals surface area contributed by atoms with Crippen molar-refractivity contribution in [1.29, 1.82) is 0 Å². The van der Waals surface area contributed by atoms with Crippen LogP contribution in [0.3, 0.4) is 0 Å². The number of thioether (sulfide) groups is 1. The third-order valence-electron chi connectivity index (χ3n) is 2.00. The normalized spacial score (nSPS) is 26.0. The van der Waals surface area contributed by atoms with E-state index in [-0.39, 0.29) is 6.61 Å². The van der Waals surface area contributed by atoms with Crippen LogP contribution in [0, 0.1) is 0 Å². The first-order chi connectivity index (χ1) is 5.83. The minimum atomic E-state index is -0.545. The molecule has 0 bridgehead atoms. The van der Waals surface area contributed by atoms with Crippen molar-refractivity contribution in [3.8, 4) is 0 Å². The van der Waals surface area contributed by atoms with Gasteiger partial charge in [-0.1, -0.05) is 0 Å². The Balaban J connectivity index is 1.94. The van der Waals surface area contributed by atoms with Crippen molar-refractivity contribution >= 4 is 11.8 Å². The molecule has 2 atom stereocenters. The average Bonchev–Trinajstić information content (AvgIpc) is 2.57. The highest BCUT2D eigenvalue weighted by atomic mass is 32.2. The van der Waals surface area contributed by atoms with E-state index in [1.54, 1.807) is 11.8 Å². The smallest absolute Gasteiger partial charge is 0.0861 e. The summed E-state index contributed by atoms with van der Waals surface area (Å²) in [5, 5.41) is 21.0. The molecule has 3 nitrogen and oxygen atoms in total. The lowest BCUT2D eigenvalue weighted by Crippen LogP contribution is -2.25. The number of aliphatic hydroxyl groups is 2. The monoisotopic (exact) mass is 191 g/mol. The predicted octanol–water partition coefficient (Wildman–Crippen LogP) is -0.175. The quantitative estimate of drug-likeness (QED) is 0.564. The summed E-state index contributed by atoms with van der Waals surface area (Å²) in [6, 6.07) is 0.626. The highest BCUT2D eigenvalue weighted by Crippen LogP contribution is 2.12. The maximum atomic E-state index is 9.04. The zero-order chi connectivity index (χ0) is 8.81. The van der Waals surface area contributed by atoms with Crippen LogP contribution >= 0.6 is 11.8 Å². The summed E-state index contributed by atoms with van der Waals surface area (Å²) in [7, 11) is 0. The van der Waals surface area contributed by atoms with Gasteiger partial charge in [-0.3, -0.25) is 0 Å². The molecule has 1 fully saturated rings. The standard InChI is InChI=1S/C8H17NO2S/c10-4-8(11)6-12-5-7-2-1-3-9-7/h7-11H,1-6H2/t7-,8?/m0/s1. The summed E-state index contributed by atoms with van der Waals surface area (Å²) in [4.78, 5) is 0. The maximum absolute atomic E-state index is 9.04. The van der Waals surface area contributed by atoms with Crippen LogP contribution in [0.5, 0.6) is 0 Å². The molecule has 12 heavy (non-hydrogen) atoms. The van der Waals surface area contributed by atoms with Gasteiger partial charge in [0.05, 0.1) is 12.7 Å². The molecule has 0 radical (unpaired) electrons. The minimum Gasteiger partial charge on any atom is -0.394 e. The molecule has 1 heterocycles. The third kappa shape index (κ3) is 3.76. The fourth-order valence-electron chi connectivity index (χ4n) is 1.30. The van der Waals surface area contributed by atoms with Gasteiger partial charge in [0.25, 0.3) is 0 Å².